The second kappa shape index (κ2) is 5.38. The van der Waals surface area contributed by atoms with E-state index in [1.54, 1.807) is 0 Å². The van der Waals surface area contributed by atoms with Crippen LogP contribution >= 0.6 is 11.6 Å². The predicted octanol–water partition coefficient (Wildman–Crippen LogP) is 3.17. The Bertz CT molecular complexity index is 743. The van der Waals surface area contributed by atoms with Crippen molar-refractivity contribution in [1.29, 1.82) is 0 Å². The van der Waals surface area contributed by atoms with Gasteiger partial charge >= 0.3 is 0 Å². The normalized spacial score (nSPS) is 11.6. The molecule has 106 valence electrons. The standard InChI is InChI=1S/C13H10ClF2NO2S/c14-9-1-2-12(17)13(5-9)20(18,19)7-8-3-10(15)6-11(16)4-8/h1-6H,7,17H2. The van der Waals surface area contributed by atoms with Gasteiger partial charge in [-0.1, -0.05) is 11.6 Å². The first-order chi connectivity index (χ1) is 9.28. The maximum Gasteiger partial charge on any atom is 0.184 e. The zero-order valence-corrected chi connectivity index (χ0v) is 11.7. The van der Waals surface area contributed by atoms with Crippen LogP contribution in [0.5, 0.6) is 0 Å². The molecule has 0 radical (unpaired) electrons. The summed E-state index contributed by atoms with van der Waals surface area (Å²) < 4.78 is 50.6. The van der Waals surface area contributed by atoms with Crippen molar-refractivity contribution in [2.75, 3.05) is 5.73 Å². The summed E-state index contributed by atoms with van der Waals surface area (Å²) in [6, 6.07) is 6.62. The van der Waals surface area contributed by atoms with Crippen molar-refractivity contribution >= 4 is 27.1 Å². The van der Waals surface area contributed by atoms with Gasteiger partial charge in [0.15, 0.2) is 9.84 Å². The van der Waals surface area contributed by atoms with E-state index in [0.717, 1.165) is 12.1 Å². The fourth-order valence-electron chi connectivity index (χ4n) is 1.77. The number of nitrogen functional groups attached to an aromatic ring is 1. The van der Waals surface area contributed by atoms with Crippen molar-refractivity contribution in [3.8, 4) is 0 Å². The number of rotatable bonds is 3. The van der Waals surface area contributed by atoms with Crippen molar-refractivity contribution in [3.05, 3.63) is 58.6 Å². The SMILES string of the molecule is Nc1ccc(Cl)cc1S(=O)(=O)Cc1cc(F)cc(F)c1. The van der Waals surface area contributed by atoms with Crippen LogP contribution in [0.2, 0.25) is 5.02 Å². The van der Waals surface area contributed by atoms with E-state index in [9.17, 15) is 17.2 Å². The molecule has 2 aromatic carbocycles. The van der Waals surface area contributed by atoms with E-state index >= 15 is 0 Å². The number of halogens is 3. The lowest BCUT2D eigenvalue weighted by Gasteiger charge is -2.08. The Labute approximate surface area is 119 Å². The molecule has 0 fully saturated rings. The van der Waals surface area contributed by atoms with Gasteiger partial charge in [-0.05, 0) is 35.9 Å². The van der Waals surface area contributed by atoms with Crippen molar-refractivity contribution in [1.82, 2.24) is 0 Å². The number of benzene rings is 2. The number of hydrogen-bond acceptors (Lipinski definition) is 3. The van der Waals surface area contributed by atoms with Crippen LogP contribution in [0.1, 0.15) is 5.56 Å². The molecule has 0 unspecified atom stereocenters. The summed E-state index contributed by atoms with van der Waals surface area (Å²) in [5.41, 5.74) is 5.64. The van der Waals surface area contributed by atoms with Crippen LogP contribution in [0.25, 0.3) is 0 Å². The van der Waals surface area contributed by atoms with E-state index in [-0.39, 0.29) is 21.2 Å². The Morgan fingerprint density at radius 2 is 1.65 bits per heavy atom. The van der Waals surface area contributed by atoms with E-state index in [1.807, 2.05) is 0 Å². The number of nitrogens with two attached hydrogens (primary N) is 1. The van der Waals surface area contributed by atoms with Crippen LogP contribution in [0.15, 0.2) is 41.3 Å². The second-order valence-electron chi connectivity index (χ2n) is 4.22. The molecule has 3 nitrogen and oxygen atoms in total. The fourth-order valence-corrected chi connectivity index (χ4v) is 3.50. The van der Waals surface area contributed by atoms with Crippen molar-refractivity contribution < 1.29 is 17.2 Å². The summed E-state index contributed by atoms with van der Waals surface area (Å²) >= 11 is 5.74. The first kappa shape index (κ1) is 14.7. The van der Waals surface area contributed by atoms with E-state index in [2.05, 4.69) is 0 Å². The minimum atomic E-state index is -3.84. The predicted molar refractivity (Wildman–Crippen MR) is 73.1 cm³/mol. The van der Waals surface area contributed by atoms with E-state index in [1.165, 1.54) is 18.2 Å². The Morgan fingerprint density at radius 3 is 2.25 bits per heavy atom. The molecule has 0 bridgehead atoms. The van der Waals surface area contributed by atoms with Crippen LogP contribution < -0.4 is 5.73 Å². The van der Waals surface area contributed by atoms with Gasteiger partial charge in [-0.25, -0.2) is 17.2 Å². The third-order valence-electron chi connectivity index (χ3n) is 2.59. The lowest BCUT2D eigenvalue weighted by molar-refractivity contribution is 0.579. The van der Waals surface area contributed by atoms with E-state index in [0.29, 0.717) is 6.07 Å². The molecule has 0 spiro atoms. The maximum absolute atomic E-state index is 13.1. The summed E-state index contributed by atoms with van der Waals surface area (Å²) in [5.74, 6) is -2.24. The van der Waals surface area contributed by atoms with Crippen LogP contribution in [-0.4, -0.2) is 8.42 Å². The molecule has 20 heavy (non-hydrogen) atoms. The monoisotopic (exact) mass is 317 g/mol. The topological polar surface area (TPSA) is 60.2 Å². The van der Waals surface area contributed by atoms with Gasteiger partial charge < -0.3 is 5.73 Å². The minimum absolute atomic E-state index is 0.00174. The minimum Gasteiger partial charge on any atom is -0.398 e. The first-order valence-corrected chi connectivity index (χ1v) is 7.54. The molecule has 0 saturated carbocycles. The Morgan fingerprint density at radius 1 is 1.05 bits per heavy atom. The average molecular weight is 318 g/mol. The second-order valence-corrected chi connectivity index (χ2v) is 6.61. The van der Waals surface area contributed by atoms with Crippen molar-refractivity contribution in [3.63, 3.8) is 0 Å². The molecule has 0 heterocycles. The van der Waals surface area contributed by atoms with Crippen LogP contribution in [0.3, 0.4) is 0 Å². The molecule has 0 aliphatic rings. The molecular formula is C13H10ClF2NO2S. The maximum atomic E-state index is 13.1. The first-order valence-electron chi connectivity index (χ1n) is 5.51. The summed E-state index contributed by atoms with van der Waals surface area (Å²) in [5, 5.41) is 0.211. The third-order valence-corrected chi connectivity index (χ3v) is 4.56. The van der Waals surface area contributed by atoms with Crippen molar-refractivity contribution in [2.45, 2.75) is 10.6 Å². The number of anilines is 1. The molecule has 0 aliphatic heterocycles. The number of hydrogen-bond donors (Lipinski definition) is 1. The summed E-state index contributed by atoms with van der Waals surface area (Å²) in [6.45, 7) is 0. The smallest absolute Gasteiger partial charge is 0.184 e. The van der Waals surface area contributed by atoms with Gasteiger partial charge in [0.1, 0.15) is 11.6 Å². The summed E-state index contributed by atoms with van der Waals surface area (Å²) in [4.78, 5) is -0.158. The molecule has 0 atom stereocenters. The molecule has 0 saturated heterocycles. The largest absolute Gasteiger partial charge is 0.398 e. The zero-order valence-electron chi connectivity index (χ0n) is 10.1. The molecule has 0 aliphatic carbocycles. The number of sulfone groups is 1. The van der Waals surface area contributed by atoms with Gasteiger partial charge in [-0.15, -0.1) is 0 Å². The fraction of sp³-hybridized carbons (Fsp3) is 0.0769. The molecule has 7 heteroatoms. The van der Waals surface area contributed by atoms with E-state index < -0.39 is 27.2 Å². The van der Waals surface area contributed by atoms with Gasteiger partial charge in [-0.3, -0.25) is 0 Å². The zero-order chi connectivity index (χ0) is 14.9. The van der Waals surface area contributed by atoms with Crippen LogP contribution in [0.4, 0.5) is 14.5 Å². The molecule has 2 aromatic rings. The van der Waals surface area contributed by atoms with Gasteiger partial charge in [0, 0.05) is 11.1 Å². The van der Waals surface area contributed by atoms with Gasteiger partial charge in [0.2, 0.25) is 0 Å². The van der Waals surface area contributed by atoms with Crippen molar-refractivity contribution in [2.24, 2.45) is 0 Å². The average Bonchev–Trinajstić information content (AvgIpc) is 2.30. The van der Waals surface area contributed by atoms with Gasteiger partial charge in [0.05, 0.1) is 16.3 Å². The van der Waals surface area contributed by atoms with Crippen LogP contribution in [-0.2, 0) is 15.6 Å². The highest BCUT2D eigenvalue weighted by Crippen LogP contribution is 2.26. The summed E-state index contributed by atoms with van der Waals surface area (Å²) in [7, 11) is -3.84. The molecule has 0 amide bonds. The van der Waals surface area contributed by atoms with Gasteiger partial charge in [0.25, 0.3) is 0 Å². The Kier molecular flexibility index (Phi) is 3.96. The summed E-state index contributed by atoms with van der Waals surface area (Å²) in [6.07, 6.45) is 0. The lowest BCUT2D eigenvalue weighted by atomic mass is 10.2. The highest BCUT2D eigenvalue weighted by atomic mass is 35.5. The third kappa shape index (κ3) is 3.26. The Hall–Kier alpha value is -1.66. The highest BCUT2D eigenvalue weighted by molar-refractivity contribution is 7.90. The van der Waals surface area contributed by atoms with Gasteiger partial charge in [-0.2, -0.15) is 0 Å². The van der Waals surface area contributed by atoms with Crippen LogP contribution in [0, 0.1) is 11.6 Å². The Balaban J connectivity index is 2.43. The molecule has 0 aromatic heterocycles. The quantitative estimate of drug-likeness (QED) is 0.884. The molecule has 2 N–H and O–H groups in total. The molecule has 2 rings (SSSR count). The highest BCUT2D eigenvalue weighted by Gasteiger charge is 2.19. The van der Waals surface area contributed by atoms with E-state index in [4.69, 9.17) is 17.3 Å². The molecular weight excluding hydrogens is 308 g/mol. The lowest BCUT2D eigenvalue weighted by Crippen LogP contribution is -2.08.